The fraction of sp³-hybridized carbons (Fsp3) is 0.385. The first-order chi connectivity index (χ1) is 9.11. The highest BCUT2D eigenvalue weighted by molar-refractivity contribution is 5.99. The van der Waals surface area contributed by atoms with Crippen molar-refractivity contribution >= 4 is 17.5 Å². The van der Waals surface area contributed by atoms with E-state index in [9.17, 15) is 9.59 Å². The van der Waals surface area contributed by atoms with E-state index in [-0.39, 0.29) is 18.4 Å². The van der Waals surface area contributed by atoms with Crippen LogP contribution >= 0.6 is 0 Å². The number of anilines is 1. The molecule has 19 heavy (non-hydrogen) atoms. The number of ether oxygens (including phenoxy) is 2. The Hall–Kier alpha value is -2.08. The van der Waals surface area contributed by atoms with Crippen LogP contribution in [0.25, 0.3) is 0 Å². The molecule has 0 radical (unpaired) electrons. The van der Waals surface area contributed by atoms with Gasteiger partial charge in [0.05, 0.1) is 12.1 Å². The molecule has 0 saturated carbocycles. The fourth-order valence-electron chi connectivity index (χ4n) is 1.83. The first kappa shape index (κ1) is 13.4. The molecule has 1 heterocycles. The summed E-state index contributed by atoms with van der Waals surface area (Å²) in [5.41, 5.74) is 1.00. The van der Waals surface area contributed by atoms with E-state index >= 15 is 0 Å². The van der Waals surface area contributed by atoms with Gasteiger partial charge >= 0.3 is 0 Å². The number of nitrogens with one attached hydrogen (secondary N) is 1. The third-order valence-electron chi connectivity index (χ3n) is 2.80. The van der Waals surface area contributed by atoms with Gasteiger partial charge in [0.15, 0.2) is 0 Å². The molecule has 6 heteroatoms. The van der Waals surface area contributed by atoms with Gasteiger partial charge in [-0.05, 0) is 18.2 Å². The summed E-state index contributed by atoms with van der Waals surface area (Å²) in [6, 6.07) is 5.01. The lowest BCUT2D eigenvalue weighted by atomic mass is 10.1. The van der Waals surface area contributed by atoms with Crippen molar-refractivity contribution in [1.29, 1.82) is 0 Å². The molecule has 0 aliphatic carbocycles. The standard InChI is InChI=1S/C13H16N2O4/c1-15-5-6-19-11-4-3-9(7-10(11)13(15)17)14-12(16)8-18-2/h3-4,7H,5-6,8H2,1-2H3,(H,14,16). The fourth-order valence-corrected chi connectivity index (χ4v) is 1.83. The lowest BCUT2D eigenvalue weighted by Crippen LogP contribution is -2.27. The molecule has 1 aliphatic heterocycles. The number of methoxy groups -OCH3 is 1. The van der Waals surface area contributed by atoms with Crippen molar-refractivity contribution in [1.82, 2.24) is 4.90 Å². The zero-order valence-electron chi connectivity index (χ0n) is 10.9. The van der Waals surface area contributed by atoms with Crippen molar-refractivity contribution in [3.63, 3.8) is 0 Å². The number of rotatable bonds is 3. The van der Waals surface area contributed by atoms with Crippen LogP contribution in [0.4, 0.5) is 5.69 Å². The molecule has 0 atom stereocenters. The van der Waals surface area contributed by atoms with Crippen molar-refractivity contribution in [2.75, 3.05) is 39.2 Å². The number of benzene rings is 1. The molecule has 1 aromatic rings. The molecule has 102 valence electrons. The average molecular weight is 264 g/mol. The van der Waals surface area contributed by atoms with Gasteiger partial charge in [0, 0.05) is 19.8 Å². The first-order valence-corrected chi connectivity index (χ1v) is 5.93. The average Bonchev–Trinajstić information content (AvgIpc) is 2.51. The molecule has 2 amide bonds. The highest BCUT2D eigenvalue weighted by atomic mass is 16.5. The van der Waals surface area contributed by atoms with E-state index in [0.29, 0.717) is 30.2 Å². The van der Waals surface area contributed by atoms with Crippen LogP contribution in [0.15, 0.2) is 18.2 Å². The van der Waals surface area contributed by atoms with Gasteiger partial charge in [0.1, 0.15) is 19.0 Å². The Morgan fingerprint density at radius 1 is 1.53 bits per heavy atom. The quantitative estimate of drug-likeness (QED) is 0.874. The number of hydrogen-bond donors (Lipinski definition) is 1. The van der Waals surface area contributed by atoms with Crippen LogP contribution in [-0.2, 0) is 9.53 Å². The van der Waals surface area contributed by atoms with Crippen LogP contribution in [0.2, 0.25) is 0 Å². The van der Waals surface area contributed by atoms with Crippen LogP contribution in [0, 0.1) is 0 Å². The van der Waals surface area contributed by atoms with Gasteiger partial charge in [0.2, 0.25) is 5.91 Å². The molecule has 0 saturated heterocycles. The molecule has 0 bridgehead atoms. The minimum atomic E-state index is -0.266. The van der Waals surface area contributed by atoms with Crippen molar-refractivity contribution < 1.29 is 19.1 Å². The minimum absolute atomic E-state index is 0.0264. The molecule has 2 rings (SSSR count). The number of likely N-dealkylation sites (N-methyl/N-ethyl adjacent to an activating group) is 1. The molecule has 6 nitrogen and oxygen atoms in total. The SMILES string of the molecule is COCC(=O)Nc1ccc2c(c1)C(=O)N(C)CCO2. The van der Waals surface area contributed by atoms with E-state index in [0.717, 1.165) is 0 Å². The number of nitrogens with zero attached hydrogens (tertiary/aromatic N) is 1. The van der Waals surface area contributed by atoms with E-state index in [1.54, 1.807) is 30.1 Å². The van der Waals surface area contributed by atoms with Gasteiger partial charge in [-0.2, -0.15) is 0 Å². The second-order valence-electron chi connectivity index (χ2n) is 4.27. The highest BCUT2D eigenvalue weighted by Crippen LogP contribution is 2.26. The number of carbonyl (C=O) groups is 2. The maximum Gasteiger partial charge on any atom is 0.257 e. The molecular weight excluding hydrogens is 248 g/mol. The monoisotopic (exact) mass is 264 g/mol. The molecule has 0 unspecified atom stereocenters. The van der Waals surface area contributed by atoms with Crippen LogP contribution in [0.3, 0.4) is 0 Å². The lowest BCUT2D eigenvalue weighted by molar-refractivity contribution is -0.119. The molecule has 0 fully saturated rings. The molecule has 0 aromatic heterocycles. The van der Waals surface area contributed by atoms with E-state index in [2.05, 4.69) is 5.32 Å². The van der Waals surface area contributed by atoms with E-state index in [1.807, 2.05) is 0 Å². The maximum absolute atomic E-state index is 12.1. The zero-order chi connectivity index (χ0) is 13.8. The zero-order valence-corrected chi connectivity index (χ0v) is 10.9. The summed E-state index contributed by atoms with van der Waals surface area (Å²) < 4.78 is 10.2. The largest absolute Gasteiger partial charge is 0.491 e. The second kappa shape index (κ2) is 5.71. The number of amides is 2. The molecule has 1 aromatic carbocycles. The van der Waals surface area contributed by atoms with Crippen LogP contribution in [-0.4, -0.2) is 50.6 Å². The third kappa shape index (κ3) is 3.03. The molecular formula is C13H16N2O4. The van der Waals surface area contributed by atoms with Crippen molar-refractivity contribution in [2.45, 2.75) is 0 Å². The molecule has 1 aliphatic rings. The van der Waals surface area contributed by atoms with Crippen LogP contribution < -0.4 is 10.1 Å². The summed E-state index contributed by atoms with van der Waals surface area (Å²) in [6.45, 7) is 0.977. The number of fused-ring (bicyclic) bond motifs is 1. The van der Waals surface area contributed by atoms with Gasteiger partial charge in [0.25, 0.3) is 5.91 Å². The summed E-state index contributed by atoms with van der Waals surface area (Å²) in [5.74, 6) is 0.159. The summed E-state index contributed by atoms with van der Waals surface area (Å²) >= 11 is 0. The van der Waals surface area contributed by atoms with Gasteiger partial charge in [-0.3, -0.25) is 9.59 Å². The third-order valence-corrected chi connectivity index (χ3v) is 2.80. The van der Waals surface area contributed by atoms with Gasteiger partial charge in [-0.15, -0.1) is 0 Å². The smallest absolute Gasteiger partial charge is 0.257 e. The van der Waals surface area contributed by atoms with Crippen LogP contribution in [0.1, 0.15) is 10.4 Å². The number of hydrogen-bond acceptors (Lipinski definition) is 4. The van der Waals surface area contributed by atoms with Gasteiger partial charge < -0.3 is 19.7 Å². The topological polar surface area (TPSA) is 67.9 Å². The van der Waals surface area contributed by atoms with Crippen LogP contribution in [0.5, 0.6) is 5.75 Å². The summed E-state index contributed by atoms with van der Waals surface area (Å²) in [5, 5.41) is 2.66. The van der Waals surface area contributed by atoms with E-state index in [4.69, 9.17) is 9.47 Å². The lowest BCUT2D eigenvalue weighted by Gasteiger charge is -2.13. The predicted molar refractivity (Wildman–Crippen MR) is 69.4 cm³/mol. The van der Waals surface area contributed by atoms with E-state index < -0.39 is 0 Å². The minimum Gasteiger partial charge on any atom is -0.491 e. The van der Waals surface area contributed by atoms with Gasteiger partial charge in [-0.1, -0.05) is 0 Å². The summed E-state index contributed by atoms with van der Waals surface area (Å²) in [4.78, 5) is 25.1. The Morgan fingerprint density at radius 3 is 3.05 bits per heavy atom. The predicted octanol–water partition coefficient (Wildman–Crippen LogP) is 0.736. The van der Waals surface area contributed by atoms with Gasteiger partial charge in [-0.25, -0.2) is 0 Å². The summed E-state index contributed by atoms with van der Waals surface area (Å²) in [7, 11) is 3.17. The molecule has 1 N–H and O–H groups in total. The van der Waals surface area contributed by atoms with Crippen molar-refractivity contribution in [3.8, 4) is 5.75 Å². The number of carbonyl (C=O) groups excluding carboxylic acids is 2. The Kier molecular flexibility index (Phi) is 4.01. The van der Waals surface area contributed by atoms with Crippen molar-refractivity contribution in [3.05, 3.63) is 23.8 Å². The second-order valence-corrected chi connectivity index (χ2v) is 4.27. The summed E-state index contributed by atoms with van der Waals surface area (Å²) in [6.07, 6.45) is 0. The maximum atomic E-state index is 12.1. The Morgan fingerprint density at radius 2 is 2.32 bits per heavy atom. The first-order valence-electron chi connectivity index (χ1n) is 5.93. The normalized spacial score (nSPS) is 14.4. The Balaban J connectivity index is 2.24. The van der Waals surface area contributed by atoms with E-state index in [1.165, 1.54) is 7.11 Å². The molecule has 0 spiro atoms. The Bertz CT molecular complexity index is 501. The van der Waals surface area contributed by atoms with Crippen molar-refractivity contribution in [2.24, 2.45) is 0 Å². The Labute approximate surface area is 111 Å². The highest BCUT2D eigenvalue weighted by Gasteiger charge is 2.21.